The molecule has 1 unspecified atom stereocenters. The molecule has 1 atom stereocenters. The fraction of sp³-hybridized carbons (Fsp3) is 0.689. The molecular formula is C61H102O6. The summed E-state index contributed by atoms with van der Waals surface area (Å²) in [7, 11) is 0. The molecule has 0 heterocycles. The monoisotopic (exact) mass is 931 g/mol. The van der Waals surface area contributed by atoms with E-state index in [1.54, 1.807) is 0 Å². The summed E-state index contributed by atoms with van der Waals surface area (Å²) in [5, 5.41) is 0. The van der Waals surface area contributed by atoms with E-state index in [2.05, 4.69) is 118 Å². The summed E-state index contributed by atoms with van der Waals surface area (Å²) in [5.74, 6) is -0.948. The number of carbonyl (C=O) groups is 3. The van der Waals surface area contributed by atoms with Crippen molar-refractivity contribution >= 4 is 17.9 Å². The van der Waals surface area contributed by atoms with Crippen molar-refractivity contribution in [3.8, 4) is 0 Å². The van der Waals surface area contributed by atoms with Crippen molar-refractivity contribution in [1.29, 1.82) is 0 Å². The minimum atomic E-state index is -0.790. The second kappa shape index (κ2) is 54.9. The standard InChI is InChI=1S/C61H102O6/c1-4-7-10-13-15-17-19-21-23-25-26-27-28-29-30-31-32-33-34-36-37-39-41-43-45-48-51-54-60(63)66-57-58(56-65-59(62)53-50-47-12-9-6-3)67-61(64)55-52-49-46-44-42-40-38-35-24-22-20-18-16-14-11-8-5-2/h7,10,15,17,21,23,26-27,29-30,32-33,36-37,41,43,58H,4-6,8-9,11-14,16,18-20,22,24-25,28,31,34-35,38-40,42,44-57H2,1-3H3/b10-7-,17-15-,23-21-,27-26-,30-29-,33-32-,37-36-,43-41-. The maximum Gasteiger partial charge on any atom is 0.306 e. The lowest BCUT2D eigenvalue weighted by molar-refractivity contribution is -0.167. The molecule has 0 saturated heterocycles. The molecule has 0 aromatic carbocycles. The van der Waals surface area contributed by atoms with Crippen molar-refractivity contribution in [3.05, 3.63) is 97.2 Å². The minimum absolute atomic E-state index is 0.0908. The summed E-state index contributed by atoms with van der Waals surface area (Å²) in [5.41, 5.74) is 0. The van der Waals surface area contributed by atoms with Crippen molar-refractivity contribution < 1.29 is 28.6 Å². The van der Waals surface area contributed by atoms with Crippen LogP contribution in [0.3, 0.4) is 0 Å². The molecule has 0 aliphatic carbocycles. The number of hydrogen-bond donors (Lipinski definition) is 0. The summed E-state index contributed by atoms with van der Waals surface area (Å²) in [6.45, 7) is 6.41. The molecule has 0 aromatic rings. The molecule has 0 aliphatic heterocycles. The number of unbranched alkanes of at least 4 members (excludes halogenated alkanes) is 22. The van der Waals surface area contributed by atoms with Gasteiger partial charge in [0.05, 0.1) is 0 Å². The quantitative estimate of drug-likeness (QED) is 0.0262. The lowest BCUT2D eigenvalue weighted by Gasteiger charge is -2.18. The molecule has 0 amide bonds. The zero-order chi connectivity index (χ0) is 48.6. The Morgan fingerprint density at radius 1 is 0.313 bits per heavy atom. The first-order valence-electron chi connectivity index (χ1n) is 27.7. The van der Waals surface area contributed by atoms with Crippen LogP contribution in [0.25, 0.3) is 0 Å². The van der Waals surface area contributed by atoms with Gasteiger partial charge in [0.1, 0.15) is 13.2 Å². The average molecular weight is 931 g/mol. The predicted molar refractivity (Wildman–Crippen MR) is 288 cm³/mol. The molecule has 0 aliphatic rings. The van der Waals surface area contributed by atoms with Gasteiger partial charge in [-0.1, -0.05) is 246 Å². The first-order valence-corrected chi connectivity index (χ1v) is 27.7. The Hall–Kier alpha value is -3.67. The van der Waals surface area contributed by atoms with Gasteiger partial charge in [-0.25, -0.2) is 0 Å². The van der Waals surface area contributed by atoms with Crippen molar-refractivity contribution in [2.75, 3.05) is 13.2 Å². The smallest absolute Gasteiger partial charge is 0.306 e. The molecule has 0 rings (SSSR count). The first-order chi connectivity index (χ1) is 33.0. The van der Waals surface area contributed by atoms with Gasteiger partial charge in [0.15, 0.2) is 6.10 Å². The fourth-order valence-electron chi connectivity index (χ4n) is 7.46. The van der Waals surface area contributed by atoms with Gasteiger partial charge >= 0.3 is 17.9 Å². The SMILES string of the molecule is CC/C=C\C/C=C\C/C=C\C/C=C\C/C=C\C/C=C\C/C=C\C/C=C\CCCCC(=O)OCC(COC(=O)CCCCCCC)OC(=O)CCCCCCCCCCCCCCCCCCC. The highest BCUT2D eigenvalue weighted by Gasteiger charge is 2.19. The Balaban J connectivity index is 4.21. The van der Waals surface area contributed by atoms with E-state index >= 15 is 0 Å². The van der Waals surface area contributed by atoms with Gasteiger partial charge in [-0.15, -0.1) is 0 Å². The molecule has 0 radical (unpaired) electrons. The van der Waals surface area contributed by atoms with Gasteiger partial charge in [0.2, 0.25) is 0 Å². The highest BCUT2D eigenvalue weighted by Crippen LogP contribution is 2.15. The van der Waals surface area contributed by atoms with E-state index in [1.807, 2.05) is 0 Å². The van der Waals surface area contributed by atoms with Crippen LogP contribution in [0.5, 0.6) is 0 Å². The Kier molecular flexibility index (Phi) is 51.9. The van der Waals surface area contributed by atoms with Crippen LogP contribution >= 0.6 is 0 Å². The summed E-state index contributed by atoms with van der Waals surface area (Å²) < 4.78 is 16.7. The number of hydrogen-bond acceptors (Lipinski definition) is 6. The van der Waals surface area contributed by atoms with Crippen molar-refractivity contribution in [3.63, 3.8) is 0 Å². The Bertz CT molecular complexity index is 1350. The van der Waals surface area contributed by atoms with E-state index < -0.39 is 6.10 Å². The number of allylic oxidation sites excluding steroid dienone is 16. The van der Waals surface area contributed by atoms with E-state index in [0.717, 1.165) is 116 Å². The molecule has 382 valence electrons. The van der Waals surface area contributed by atoms with Crippen LogP contribution in [0.15, 0.2) is 97.2 Å². The summed E-state index contributed by atoms with van der Waals surface area (Å²) >= 11 is 0. The van der Waals surface area contributed by atoms with Crippen molar-refractivity contribution in [2.45, 2.75) is 258 Å². The first kappa shape index (κ1) is 63.3. The van der Waals surface area contributed by atoms with Gasteiger partial charge in [0.25, 0.3) is 0 Å². The van der Waals surface area contributed by atoms with E-state index in [4.69, 9.17) is 14.2 Å². The van der Waals surface area contributed by atoms with E-state index in [-0.39, 0.29) is 31.1 Å². The van der Waals surface area contributed by atoms with Crippen LogP contribution in [0.1, 0.15) is 252 Å². The third-order valence-electron chi connectivity index (χ3n) is 11.6. The summed E-state index contributed by atoms with van der Waals surface area (Å²) in [6, 6.07) is 0. The molecule has 0 fully saturated rings. The lowest BCUT2D eigenvalue weighted by atomic mass is 10.0. The molecule has 0 saturated carbocycles. The fourth-order valence-corrected chi connectivity index (χ4v) is 7.46. The maximum absolute atomic E-state index is 12.8. The van der Waals surface area contributed by atoms with Gasteiger partial charge < -0.3 is 14.2 Å². The largest absolute Gasteiger partial charge is 0.462 e. The molecule has 6 nitrogen and oxygen atoms in total. The van der Waals surface area contributed by atoms with Gasteiger partial charge in [-0.05, 0) is 83.5 Å². The van der Waals surface area contributed by atoms with E-state index in [9.17, 15) is 14.4 Å². The van der Waals surface area contributed by atoms with E-state index in [0.29, 0.717) is 19.3 Å². The normalized spacial score (nSPS) is 12.8. The van der Waals surface area contributed by atoms with Crippen LogP contribution < -0.4 is 0 Å². The van der Waals surface area contributed by atoms with Gasteiger partial charge in [0, 0.05) is 19.3 Å². The average Bonchev–Trinajstić information content (AvgIpc) is 3.33. The van der Waals surface area contributed by atoms with Crippen LogP contribution in [-0.4, -0.2) is 37.2 Å². The second-order valence-corrected chi connectivity index (χ2v) is 18.1. The molecule has 67 heavy (non-hydrogen) atoms. The number of ether oxygens (including phenoxy) is 3. The Morgan fingerprint density at radius 3 is 0.910 bits per heavy atom. The third-order valence-corrected chi connectivity index (χ3v) is 11.6. The van der Waals surface area contributed by atoms with E-state index in [1.165, 1.54) is 96.3 Å². The molecular weight excluding hydrogens is 829 g/mol. The van der Waals surface area contributed by atoms with Crippen LogP contribution in [0.2, 0.25) is 0 Å². The maximum atomic E-state index is 12.8. The molecule has 0 N–H and O–H groups in total. The Labute approximate surface area is 413 Å². The highest BCUT2D eigenvalue weighted by molar-refractivity contribution is 5.71. The summed E-state index contributed by atoms with van der Waals surface area (Å²) in [6.07, 6.45) is 73.0. The van der Waals surface area contributed by atoms with Crippen molar-refractivity contribution in [1.82, 2.24) is 0 Å². The number of rotatable bonds is 49. The summed E-state index contributed by atoms with van der Waals surface area (Å²) in [4.78, 5) is 37.7. The zero-order valence-corrected chi connectivity index (χ0v) is 43.6. The van der Waals surface area contributed by atoms with Crippen LogP contribution in [0, 0.1) is 0 Å². The third kappa shape index (κ3) is 53.2. The number of esters is 3. The van der Waals surface area contributed by atoms with Gasteiger partial charge in [-0.3, -0.25) is 14.4 Å². The molecule has 0 bridgehead atoms. The topological polar surface area (TPSA) is 78.9 Å². The predicted octanol–water partition coefficient (Wildman–Crippen LogP) is 18.5. The van der Waals surface area contributed by atoms with Gasteiger partial charge in [-0.2, -0.15) is 0 Å². The Morgan fingerprint density at radius 2 is 0.582 bits per heavy atom. The molecule has 0 aromatic heterocycles. The van der Waals surface area contributed by atoms with Crippen molar-refractivity contribution in [2.24, 2.45) is 0 Å². The zero-order valence-electron chi connectivity index (χ0n) is 43.6. The second-order valence-electron chi connectivity index (χ2n) is 18.1. The molecule has 0 spiro atoms. The van der Waals surface area contributed by atoms with Crippen LogP contribution in [0.4, 0.5) is 0 Å². The molecule has 6 heteroatoms. The minimum Gasteiger partial charge on any atom is -0.462 e. The lowest BCUT2D eigenvalue weighted by Crippen LogP contribution is -2.30. The highest BCUT2D eigenvalue weighted by atomic mass is 16.6. The number of carbonyl (C=O) groups excluding carboxylic acids is 3. The van der Waals surface area contributed by atoms with Crippen LogP contribution in [-0.2, 0) is 28.6 Å².